The quantitative estimate of drug-likeness (QED) is 0.715. The molecule has 0 aliphatic heterocycles. The summed E-state index contributed by atoms with van der Waals surface area (Å²) in [6, 6.07) is 12.3. The summed E-state index contributed by atoms with van der Waals surface area (Å²) >= 11 is 5.72. The van der Waals surface area contributed by atoms with E-state index in [0.717, 1.165) is 23.5 Å². The summed E-state index contributed by atoms with van der Waals surface area (Å²) in [6.07, 6.45) is 0.844. The van der Waals surface area contributed by atoms with Gasteiger partial charge in [0.25, 0.3) is 0 Å². The Labute approximate surface area is 94.7 Å². The highest BCUT2D eigenvalue weighted by Crippen LogP contribution is 2.14. The second-order valence-corrected chi connectivity index (χ2v) is 3.91. The van der Waals surface area contributed by atoms with Crippen molar-refractivity contribution in [3.63, 3.8) is 0 Å². The number of halogens is 1. The zero-order chi connectivity index (χ0) is 10.7. The van der Waals surface area contributed by atoms with Gasteiger partial charge in [-0.25, -0.2) is 0 Å². The summed E-state index contributed by atoms with van der Waals surface area (Å²) in [5.74, 6) is 2.54. The minimum Gasteiger partial charge on any atom is -0.466 e. The summed E-state index contributed by atoms with van der Waals surface area (Å²) in [4.78, 5) is 0. The summed E-state index contributed by atoms with van der Waals surface area (Å²) in [5, 5.41) is 0. The average Bonchev–Trinajstić information content (AvgIpc) is 2.65. The molecule has 0 saturated heterocycles. The fourth-order valence-electron chi connectivity index (χ4n) is 1.53. The van der Waals surface area contributed by atoms with E-state index in [-0.39, 0.29) is 0 Å². The molecule has 0 radical (unpaired) electrons. The number of hydrogen-bond donors (Lipinski definition) is 0. The Morgan fingerprint density at radius 3 is 2.20 bits per heavy atom. The lowest BCUT2D eigenvalue weighted by molar-refractivity contribution is 0.493. The van der Waals surface area contributed by atoms with Crippen LogP contribution in [0, 0.1) is 6.92 Å². The van der Waals surface area contributed by atoms with Crippen molar-refractivity contribution < 1.29 is 4.42 Å². The van der Waals surface area contributed by atoms with Gasteiger partial charge in [0.15, 0.2) is 0 Å². The number of rotatable bonds is 3. The first-order valence-electron chi connectivity index (χ1n) is 4.97. The fourth-order valence-corrected chi connectivity index (χ4v) is 1.71. The molecule has 0 saturated carbocycles. The maximum Gasteiger partial charge on any atom is 0.108 e. The van der Waals surface area contributed by atoms with Gasteiger partial charge in [0.1, 0.15) is 11.5 Å². The van der Waals surface area contributed by atoms with Crippen LogP contribution in [0.25, 0.3) is 0 Å². The lowest BCUT2D eigenvalue weighted by Crippen LogP contribution is -1.86. The van der Waals surface area contributed by atoms with Crippen molar-refractivity contribution in [3.8, 4) is 0 Å². The van der Waals surface area contributed by atoms with Crippen LogP contribution in [0.4, 0.5) is 0 Å². The van der Waals surface area contributed by atoms with E-state index >= 15 is 0 Å². The predicted molar refractivity (Wildman–Crippen MR) is 62.3 cm³/mol. The molecule has 78 valence electrons. The SMILES string of the molecule is Cc1ccc(Cc2ccc(CCl)cc2)o1. The van der Waals surface area contributed by atoms with Crippen LogP contribution in [-0.4, -0.2) is 0 Å². The Bertz CT molecular complexity index is 428. The first-order valence-corrected chi connectivity index (χ1v) is 5.50. The van der Waals surface area contributed by atoms with Crippen molar-refractivity contribution in [1.82, 2.24) is 0 Å². The molecule has 0 aliphatic rings. The average molecular weight is 221 g/mol. The topological polar surface area (TPSA) is 13.1 Å². The monoisotopic (exact) mass is 220 g/mol. The molecule has 1 aromatic carbocycles. The van der Waals surface area contributed by atoms with Gasteiger partial charge in [0, 0.05) is 12.3 Å². The second kappa shape index (κ2) is 4.54. The van der Waals surface area contributed by atoms with E-state index in [1.54, 1.807) is 0 Å². The lowest BCUT2D eigenvalue weighted by atomic mass is 10.1. The molecular formula is C13H13ClO. The highest BCUT2D eigenvalue weighted by Gasteiger charge is 2.00. The van der Waals surface area contributed by atoms with E-state index in [4.69, 9.17) is 16.0 Å². The zero-order valence-corrected chi connectivity index (χ0v) is 9.42. The van der Waals surface area contributed by atoms with Crippen molar-refractivity contribution in [2.24, 2.45) is 0 Å². The molecule has 0 N–H and O–H groups in total. The van der Waals surface area contributed by atoms with E-state index in [0.29, 0.717) is 5.88 Å². The molecule has 1 heterocycles. The molecule has 0 spiro atoms. The van der Waals surface area contributed by atoms with Crippen LogP contribution in [-0.2, 0) is 12.3 Å². The largest absolute Gasteiger partial charge is 0.466 e. The van der Waals surface area contributed by atoms with Gasteiger partial charge in [-0.05, 0) is 30.2 Å². The van der Waals surface area contributed by atoms with Crippen LogP contribution in [0.3, 0.4) is 0 Å². The van der Waals surface area contributed by atoms with Gasteiger partial charge in [0.2, 0.25) is 0 Å². The molecule has 1 nitrogen and oxygen atoms in total. The molecule has 2 heteroatoms. The van der Waals surface area contributed by atoms with Crippen molar-refractivity contribution in [2.45, 2.75) is 19.2 Å². The first kappa shape index (κ1) is 10.3. The minimum absolute atomic E-state index is 0.570. The molecule has 0 fully saturated rings. The molecule has 0 amide bonds. The molecule has 0 unspecified atom stereocenters. The van der Waals surface area contributed by atoms with E-state index < -0.39 is 0 Å². The molecule has 2 rings (SSSR count). The third kappa shape index (κ3) is 2.63. The smallest absolute Gasteiger partial charge is 0.108 e. The van der Waals surface area contributed by atoms with Crippen molar-refractivity contribution in [2.75, 3.05) is 0 Å². The van der Waals surface area contributed by atoms with E-state index in [1.807, 2.05) is 19.1 Å². The summed E-state index contributed by atoms with van der Waals surface area (Å²) in [7, 11) is 0. The summed E-state index contributed by atoms with van der Waals surface area (Å²) in [5.41, 5.74) is 2.40. The van der Waals surface area contributed by atoms with Crippen LogP contribution >= 0.6 is 11.6 Å². The van der Waals surface area contributed by atoms with E-state index in [1.165, 1.54) is 5.56 Å². The Morgan fingerprint density at radius 2 is 1.67 bits per heavy atom. The molecule has 2 aromatic rings. The van der Waals surface area contributed by atoms with Crippen molar-refractivity contribution in [3.05, 3.63) is 59.0 Å². The van der Waals surface area contributed by atoms with Crippen LogP contribution in [0.2, 0.25) is 0 Å². The third-order valence-electron chi connectivity index (χ3n) is 2.35. The molecule has 0 aliphatic carbocycles. The third-order valence-corrected chi connectivity index (χ3v) is 2.66. The van der Waals surface area contributed by atoms with Crippen LogP contribution in [0.1, 0.15) is 22.6 Å². The number of benzene rings is 1. The number of alkyl halides is 1. The van der Waals surface area contributed by atoms with Crippen molar-refractivity contribution >= 4 is 11.6 Å². The maximum atomic E-state index is 5.72. The summed E-state index contributed by atoms with van der Waals surface area (Å²) in [6.45, 7) is 1.96. The normalized spacial score (nSPS) is 10.5. The van der Waals surface area contributed by atoms with Gasteiger partial charge in [-0.1, -0.05) is 24.3 Å². The molecule has 0 atom stereocenters. The zero-order valence-electron chi connectivity index (χ0n) is 8.66. The lowest BCUT2D eigenvalue weighted by Gasteiger charge is -2.00. The molecule has 1 aromatic heterocycles. The number of hydrogen-bond acceptors (Lipinski definition) is 1. The van der Waals surface area contributed by atoms with Gasteiger partial charge in [-0.15, -0.1) is 11.6 Å². The minimum atomic E-state index is 0.570. The van der Waals surface area contributed by atoms with Gasteiger partial charge in [0.05, 0.1) is 0 Å². The van der Waals surface area contributed by atoms with E-state index in [2.05, 4.69) is 24.3 Å². The maximum absolute atomic E-state index is 5.72. The fraction of sp³-hybridized carbons (Fsp3) is 0.231. The Kier molecular flexibility index (Phi) is 3.12. The van der Waals surface area contributed by atoms with Crippen LogP contribution in [0.5, 0.6) is 0 Å². The predicted octanol–water partition coefficient (Wildman–Crippen LogP) is 3.92. The van der Waals surface area contributed by atoms with Gasteiger partial charge >= 0.3 is 0 Å². The van der Waals surface area contributed by atoms with Gasteiger partial charge in [-0.3, -0.25) is 0 Å². The Hall–Kier alpha value is -1.21. The van der Waals surface area contributed by atoms with Gasteiger partial charge in [-0.2, -0.15) is 0 Å². The van der Waals surface area contributed by atoms with Crippen molar-refractivity contribution in [1.29, 1.82) is 0 Å². The summed E-state index contributed by atoms with van der Waals surface area (Å²) < 4.78 is 5.52. The number of aryl methyl sites for hydroxylation is 1. The van der Waals surface area contributed by atoms with Gasteiger partial charge < -0.3 is 4.42 Å². The van der Waals surface area contributed by atoms with E-state index in [9.17, 15) is 0 Å². The standard InChI is InChI=1S/C13H13ClO/c1-10-2-7-13(15-10)8-11-3-5-12(9-14)6-4-11/h2-7H,8-9H2,1H3. The molecular weight excluding hydrogens is 208 g/mol. The highest BCUT2D eigenvalue weighted by molar-refractivity contribution is 6.17. The van der Waals surface area contributed by atoms with Crippen LogP contribution < -0.4 is 0 Å². The molecule has 15 heavy (non-hydrogen) atoms. The second-order valence-electron chi connectivity index (χ2n) is 3.64. The van der Waals surface area contributed by atoms with Crippen LogP contribution in [0.15, 0.2) is 40.8 Å². The molecule has 0 bridgehead atoms. The number of furan rings is 1. The Balaban J connectivity index is 2.11. The highest BCUT2D eigenvalue weighted by atomic mass is 35.5. The Morgan fingerprint density at radius 1 is 1.00 bits per heavy atom. The first-order chi connectivity index (χ1) is 7.28.